The molecule has 0 saturated carbocycles. The molecule has 122 valence electrons. The molecule has 2 aliphatic heterocycles. The van der Waals surface area contributed by atoms with E-state index in [1.54, 1.807) is 12.3 Å². The Bertz CT molecular complexity index is 722. The topological polar surface area (TPSA) is 84.2 Å². The van der Waals surface area contributed by atoms with E-state index in [4.69, 9.17) is 9.15 Å². The molecule has 2 aromatic heterocycles. The highest BCUT2D eigenvalue weighted by atomic mass is 16.5. The van der Waals surface area contributed by atoms with Crippen molar-refractivity contribution in [3.63, 3.8) is 0 Å². The van der Waals surface area contributed by atoms with E-state index in [0.29, 0.717) is 23.8 Å². The predicted octanol–water partition coefficient (Wildman–Crippen LogP) is 2.01. The molecule has 7 heteroatoms. The smallest absolute Gasteiger partial charge is 0.257 e. The Kier molecular flexibility index (Phi) is 3.45. The minimum Gasteiger partial charge on any atom is -0.469 e. The molecular weight excluding hydrogens is 296 g/mol. The minimum absolute atomic E-state index is 0.0236. The summed E-state index contributed by atoms with van der Waals surface area (Å²) in [5.41, 5.74) is 0.641. The monoisotopic (exact) mass is 316 g/mol. The van der Waals surface area contributed by atoms with Gasteiger partial charge in [0.2, 0.25) is 0 Å². The number of hydrogen-bond donors (Lipinski definition) is 1. The number of carbonyl (C=O) groups is 1. The van der Waals surface area contributed by atoms with Crippen LogP contribution in [0.5, 0.6) is 0 Å². The Labute approximate surface area is 134 Å². The maximum absolute atomic E-state index is 12.6. The zero-order chi connectivity index (χ0) is 16.0. The van der Waals surface area contributed by atoms with Crippen molar-refractivity contribution >= 4 is 5.91 Å². The lowest BCUT2D eigenvalue weighted by Crippen LogP contribution is -2.45. The Morgan fingerprint density at radius 2 is 2.30 bits per heavy atom. The molecule has 0 bridgehead atoms. The molecule has 0 aliphatic carbocycles. The number of furan rings is 1. The highest BCUT2D eigenvalue weighted by molar-refractivity contribution is 5.95. The van der Waals surface area contributed by atoms with Crippen molar-refractivity contribution in [3.05, 3.63) is 35.3 Å². The van der Waals surface area contributed by atoms with Gasteiger partial charge in [0, 0.05) is 13.1 Å². The van der Waals surface area contributed by atoms with Gasteiger partial charge in [-0.25, -0.2) is 4.98 Å². The number of aromatic amines is 1. The van der Waals surface area contributed by atoms with Crippen LogP contribution in [0.4, 0.5) is 0 Å². The number of likely N-dealkylation sites (tertiary alicyclic amines) is 1. The van der Waals surface area contributed by atoms with Crippen molar-refractivity contribution < 1.29 is 13.9 Å². The molecule has 0 radical (unpaired) electrons. The predicted molar refractivity (Wildman–Crippen MR) is 80.8 cm³/mol. The van der Waals surface area contributed by atoms with Gasteiger partial charge >= 0.3 is 0 Å². The molecule has 4 heterocycles. The first-order valence-corrected chi connectivity index (χ1v) is 7.99. The number of aromatic nitrogens is 3. The molecule has 0 unspecified atom stereocenters. The molecule has 3 atom stereocenters. The van der Waals surface area contributed by atoms with Gasteiger partial charge in [-0.3, -0.25) is 9.89 Å². The number of aryl methyl sites for hydroxylation is 2. The fraction of sp³-hybridized carbons (Fsp3) is 0.562. The van der Waals surface area contributed by atoms with Crippen LogP contribution in [0.25, 0.3) is 0 Å². The Balaban J connectivity index is 1.45. The molecule has 7 nitrogen and oxygen atoms in total. The van der Waals surface area contributed by atoms with Gasteiger partial charge in [0.15, 0.2) is 5.82 Å². The quantitative estimate of drug-likeness (QED) is 0.916. The van der Waals surface area contributed by atoms with Gasteiger partial charge in [-0.05, 0) is 38.7 Å². The molecule has 0 aromatic carbocycles. The Morgan fingerprint density at radius 1 is 1.43 bits per heavy atom. The highest BCUT2D eigenvalue weighted by Crippen LogP contribution is 2.40. The zero-order valence-corrected chi connectivity index (χ0v) is 13.3. The fourth-order valence-electron chi connectivity index (χ4n) is 3.56. The van der Waals surface area contributed by atoms with Gasteiger partial charge in [-0.15, -0.1) is 0 Å². The number of hydrogen-bond acceptors (Lipinski definition) is 5. The number of nitrogens with one attached hydrogen (secondary N) is 1. The van der Waals surface area contributed by atoms with Crippen molar-refractivity contribution in [1.82, 2.24) is 20.1 Å². The number of piperidine rings is 1. The van der Waals surface area contributed by atoms with Crippen molar-refractivity contribution in [2.75, 3.05) is 13.1 Å². The summed E-state index contributed by atoms with van der Waals surface area (Å²) >= 11 is 0. The van der Waals surface area contributed by atoms with E-state index in [2.05, 4.69) is 15.2 Å². The molecule has 1 N–H and O–H groups in total. The first-order valence-electron chi connectivity index (χ1n) is 7.99. The van der Waals surface area contributed by atoms with E-state index >= 15 is 0 Å². The number of ether oxygens (including phenoxy) is 1. The largest absolute Gasteiger partial charge is 0.469 e. The standard InChI is InChI=1S/C16H20N4O3/c1-9-12(4-6-22-9)16(21)20-5-3-11-7-13(23-14(11)8-20)15-17-10(2)18-19-15/h4,6,11,13-14H,3,5,7-8H2,1-2H3,(H,17,18,19)/t11-,13+,14+/m0/s1. The molecule has 2 fully saturated rings. The third kappa shape index (κ3) is 2.55. The first-order chi connectivity index (χ1) is 11.1. The molecule has 1 amide bonds. The van der Waals surface area contributed by atoms with Crippen LogP contribution in [-0.4, -0.2) is 45.2 Å². The second-order valence-electron chi connectivity index (χ2n) is 6.37. The summed E-state index contributed by atoms with van der Waals surface area (Å²) < 4.78 is 11.4. The van der Waals surface area contributed by atoms with Crippen LogP contribution in [-0.2, 0) is 4.74 Å². The Morgan fingerprint density at radius 3 is 3.00 bits per heavy atom. The van der Waals surface area contributed by atoms with Gasteiger partial charge in [-0.1, -0.05) is 0 Å². The lowest BCUT2D eigenvalue weighted by atomic mass is 9.91. The summed E-state index contributed by atoms with van der Waals surface area (Å²) in [5.74, 6) is 2.67. The molecule has 2 aliphatic rings. The molecule has 2 saturated heterocycles. The van der Waals surface area contributed by atoms with E-state index in [1.807, 2.05) is 18.7 Å². The van der Waals surface area contributed by atoms with Gasteiger partial charge in [0.25, 0.3) is 5.91 Å². The van der Waals surface area contributed by atoms with Crippen LogP contribution >= 0.6 is 0 Å². The van der Waals surface area contributed by atoms with Crippen LogP contribution < -0.4 is 0 Å². The second-order valence-corrected chi connectivity index (χ2v) is 6.37. The van der Waals surface area contributed by atoms with Crippen LogP contribution in [0.15, 0.2) is 16.7 Å². The van der Waals surface area contributed by atoms with Crippen LogP contribution in [0.3, 0.4) is 0 Å². The first kappa shape index (κ1) is 14.4. The SMILES string of the molecule is Cc1nc([C@H]2C[C@@H]3CCN(C(=O)c4ccoc4C)C[C@H]3O2)n[nH]1. The maximum atomic E-state index is 12.6. The molecule has 0 spiro atoms. The molecule has 2 aromatic rings. The van der Waals surface area contributed by atoms with E-state index in [9.17, 15) is 4.79 Å². The third-order valence-corrected chi connectivity index (χ3v) is 4.83. The second kappa shape index (κ2) is 5.49. The number of carbonyl (C=O) groups excluding carboxylic acids is 1. The molecular formula is C16H20N4O3. The van der Waals surface area contributed by atoms with Gasteiger partial charge in [0.1, 0.15) is 17.7 Å². The van der Waals surface area contributed by atoms with E-state index in [-0.39, 0.29) is 18.1 Å². The van der Waals surface area contributed by atoms with Crippen LogP contribution in [0, 0.1) is 19.8 Å². The van der Waals surface area contributed by atoms with Gasteiger partial charge in [-0.2, -0.15) is 5.10 Å². The van der Waals surface area contributed by atoms with Gasteiger partial charge in [0.05, 0.1) is 17.9 Å². The van der Waals surface area contributed by atoms with Crippen molar-refractivity contribution in [2.24, 2.45) is 5.92 Å². The summed E-state index contributed by atoms with van der Waals surface area (Å²) in [7, 11) is 0. The van der Waals surface area contributed by atoms with E-state index < -0.39 is 0 Å². The number of amides is 1. The number of nitrogens with zero attached hydrogens (tertiary/aromatic N) is 3. The number of H-pyrrole nitrogens is 1. The summed E-state index contributed by atoms with van der Waals surface area (Å²) in [5, 5.41) is 7.07. The summed E-state index contributed by atoms with van der Waals surface area (Å²) in [4.78, 5) is 18.8. The zero-order valence-electron chi connectivity index (χ0n) is 13.3. The molecule has 4 rings (SSSR count). The van der Waals surface area contributed by atoms with Crippen molar-refractivity contribution in [3.8, 4) is 0 Å². The van der Waals surface area contributed by atoms with E-state index in [0.717, 1.165) is 31.0 Å². The highest BCUT2D eigenvalue weighted by Gasteiger charge is 2.42. The average Bonchev–Trinajstić information content (AvgIpc) is 3.24. The van der Waals surface area contributed by atoms with E-state index in [1.165, 1.54) is 0 Å². The summed E-state index contributed by atoms with van der Waals surface area (Å²) in [6.45, 7) is 5.07. The number of fused-ring (bicyclic) bond motifs is 1. The number of rotatable bonds is 2. The normalized spacial score (nSPS) is 27.2. The van der Waals surface area contributed by atoms with Gasteiger partial charge < -0.3 is 14.1 Å². The average molecular weight is 316 g/mol. The van der Waals surface area contributed by atoms with Crippen LogP contribution in [0.1, 0.15) is 46.7 Å². The Hall–Kier alpha value is -2.15. The minimum atomic E-state index is -0.0688. The summed E-state index contributed by atoms with van der Waals surface area (Å²) in [6, 6.07) is 1.73. The van der Waals surface area contributed by atoms with Crippen molar-refractivity contribution in [2.45, 2.75) is 38.9 Å². The lowest BCUT2D eigenvalue weighted by Gasteiger charge is -2.34. The fourth-order valence-corrected chi connectivity index (χ4v) is 3.56. The maximum Gasteiger partial charge on any atom is 0.257 e. The lowest BCUT2D eigenvalue weighted by molar-refractivity contribution is -0.00687. The molecule has 23 heavy (non-hydrogen) atoms. The summed E-state index contributed by atoms with van der Waals surface area (Å²) in [6.07, 6.45) is 3.43. The van der Waals surface area contributed by atoms with Crippen molar-refractivity contribution in [1.29, 1.82) is 0 Å². The van der Waals surface area contributed by atoms with Crippen LogP contribution in [0.2, 0.25) is 0 Å². The third-order valence-electron chi connectivity index (χ3n) is 4.83.